The molecule has 0 aliphatic carbocycles. The Kier molecular flexibility index (Phi) is 4.98. The number of thiophene rings is 1. The maximum absolute atomic E-state index is 12.2. The number of amides is 1. The maximum atomic E-state index is 12.2. The van der Waals surface area contributed by atoms with Crippen molar-refractivity contribution in [3.05, 3.63) is 56.1 Å². The van der Waals surface area contributed by atoms with Gasteiger partial charge in [0.25, 0.3) is 5.56 Å². The normalized spacial score (nSPS) is 10.5. The van der Waals surface area contributed by atoms with E-state index < -0.39 is 0 Å². The van der Waals surface area contributed by atoms with Crippen LogP contribution in [0.25, 0.3) is 0 Å². The second-order valence-electron chi connectivity index (χ2n) is 4.28. The van der Waals surface area contributed by atoms with Crippen molar-refractivity contribution in [1.29, 1.82) is 0 Å². The van der Waals surface area contributed by atoms with Crippen molar-refractivity contribution in [1.82, 2.24) is 9.47 Å². The summed E-state index contributed by atoms with van der Waals surface area (Å²) >= 11 is 7.35. The Balaban J connectivity index is 2.06. The molecular formula is C14H15ClN2O2S. The molecule has 0 atom stereocenters. The molecule has 0 saturated carbocycles. The molecule has 0 N–H and O–H groups in total. The highest BCUT2D eigenvalue weighted by molar-refractivity contribution is 7.16. The summed E-state index contributed by atoms with van der Waals surface area (Å²) < 4.78 is 2.12. The quantitative estimate of drug-likeness (QED) is 0.852. The van der Waals surface area contributed by atoms with E-state index in [-0.39, 0.29) is 18.0 Å². The fraction of sp³-hybridized carbons (Fsp3) is 0.286. The molecule has 106 valence electrons. The number of hydrogen-bond acceptors (Lipinski definition) is 3. The Bertz CT molecular complexity index is 650. The minimum Gasteiger partial charge on any atom is -0.336 e. The fourth-order valence-corrected chi connectivity index (χ4v) is 2.94. The van der Waals surface area contributed by atoms with Crippen molar-refractivity contribution in [3.8, 4) is 0 Å². The van der Waals surface area contributed by atoms with Crippen LogP contribution in [0.2, 0.25) is 4.34 Å². The van der Waals surface area contributed by atoms with Crippen LogP contribution in [0.1, 0.15) is 11.8 Å². The van der Waals surface area contributed by atoms with Crippen LogP contribution in [-0.2, 0) is 17.9 Å². The number of aromatic nitrogens is 1. The van der Waals surface area contributed by atoms with Gasteiger partial charge in [0.2, 0.25) is 5.91 Å². The highest BCUT2D eigenvalue weighted by Crippen LogP contribution is 2.22. The SMILES string of the molecule is CCN(Cc1ccc(Cl)s1)C(=O)Cn1ccccc1=O. The summed E-state index contributed by atoms with van der Waals surface area (Å²) in [6.07, 6.45) is 1.62. The first-order valence-corrected chi connectivity index (χ1v) is 7.47. The predicted molar refractivity (Wildman–Crippen MR) is 81.1 cm³/mol. The summed E-state index contributed by atoms with van der Waals surface area (Å²) in [4.78, 5) is 26.6. The molecule has 1 amide bonds. The summed E-state index contributed by atoms with van der Waals surface area (Å²) in [6, 6.07) is 8.58. The van der Waals surface area contributed by atoms with Crippen molar-refractivity contribution in [2.75, 3.05) is 6.54 Å². The molecule has 6 heteroatoms. The van der Waals surface area contributed by atoms with E-state index >= 15 is 0 Å². The maximum Gasteiger partial charge on any atom is 0.250 e. The van der Waals surface area contributed by atoms with E-state index in [4.69, 9.17) is 11.6 Å². The van der Waals surface area contributed by atoms with E-state index in [0.717, 1.165) is 4.88 Å². The third-order valence-electron chi connectivity index (χ3n) is 2.91. The molecule has 0 unspecified atom stereocenters. The van der Waals surface area contributed by atoms with E-state index in [9.17, 15) is 9.59 Å². The van der Waals surface area contributed by atoms with Crippen LogP contribution in [0.5, 0.6) is 0 Å². The third kappa shape index (κ3) is 3.71. The molecular weight excluding hydrogens is 296 g/mol. The first-order valence-electron chi connectivity index (χ1n) is 6.27. The summed E-state index contributed by atoms with van der Waals surface area (Å²) in [7, 11) is 0. The second-order valence-corrected chi connectivity index (χ2v) is 6.08. The Morgan fingerprint density at radius 2 is 2.15 bits per heavy atom. The first kappa shape index (κ1) is 14.8. The molecule has 2 aromatic heterocycles. The topological polar surface area (TPSA) is 42.3 Å². The van der Waals surface area contributed by atoms with Gasteiger partial charge in [-0.1, -0.05) is 17.7 Å². The number of rotatable bonds is 5. The lowest BCUT2D eigenvalue weighted by atomic mass is 10.3. The fourth-order valence-electron chi connectivity index (χ4n) is 1.84. The van der Waals surface area contributed by atoms with Gasteiger partial charge in [0.1, 0.15) is 6.54 Å². The van der Waals surface area contributed by atoms with E-state index in [1.54, 1.807) is 23.2 Å². The summed E-state index contributed by atoms with van der Waals surface area (Å²) in [6.45, 7) is 3.09. The summed E-state index contributed by atoms with van der Waals surface area (Å²) in [5.41, 5.74) is -0.170. The molecule has 0 spiro atoms. The van der Waals surface area contributed by atoms with Crippen molar-refractivity contribution in [3.63, 3.8) is 0 Å². The zero-order chi connectivity index (χ0) is 14.5. The molecule has 0 aromatic carbocycles. The van der Waals surface area contributed by atoms with Gasteiger partial charge in [-0.05, 0) is 25.1 Å². The molecule has 2 rings (SSSR count). The lowest BCUT2D eigenvalue weighted by Crippen LogP contribution is -2.35. The minimum atomic E-state index is -0.170. The number of likely N-dealkylation sites (N-methyl/N-ethyl adjacent to an activating group) is 1. The molecule has 2 aromatic rings. The molecule has 0 radical (unpaired) electrons. The van der Waals surface area contributed by atoms with Crippen LogP contribution in [0, 0.1) is 0 Å². The number of pyridine rings is 1. The van der Waals surface area contributed by atoms with Gasteiger partial charge in [-0.25, -0.2) is 0 Å². The van der Waals surface area contributed by atoms with Crippen molar-refractivity contribution in [2.24, 2.45) is 0 Å². The standard InChI is InChI=1S/C14H15ClN2O2S/c1-2-16(9-11-6-7-12(15)20-11)14(19)10-17-8-4-3-5-13(17)18/h3-8H,2,9-10H2,1H3. The largest absolute Gasteiger partial charge is 0.336 e. The average molecular weight is 311 g/mol. The van der Waals surface area contributed by atoms with Crippen LogP contribution in [0.15, 0.2) is 41.3 Å². The van der Waals surface area contributed by atoms with E-state index in [1.807, 2.05) is 19.1 Å². The third-order valence-corrected chi connectivity index (χ3v) is 4.13. The first-order chi connectivity index (χ1) is 9.60. The van der Waals surface area contributed by atoms with Crippen molar-refractivity contribution < 1.29 is 4.79 Å². The highest BCUT2D eigenvalue weighted by atomic mass is 35.5. The van der Waals surface area contributed by atoms with Gasteiger partial charge < -0.3 is 9.47 Å². The molecule has 2 heterocycles. The van der Waals surface area contributed by atoms with Gasteiger partial charge in [0.15, 0.2) is 0 Å². The number of nitrogens with zero attached hydrogens (tertiary/aromatic N) is 2. The number of halogens is 1. The highest BCUT2D eigenvalue weighted by Gasteiger charge is 2.14. The van der Waals surface area contributed by atoms with Gasteiger partial charge >= 0.3 is 0 Å². The smallest absolute Gasteiger partial charge is 0.250 e. The van der Waals surface area contributed by atoms with Gasteiger partial charge in [0.05, 0.1) is 10.9 Å². The Hall–Kier alpha value is -1.59. The second kappa shape index (κ2) is 6.72. The summed E-state index contributed by atoms with van der Waals surface area (Å²) in [5.74, 6) is -0.0784. The monoisotopic (exact) mass is 310 g/mol. The zero-order valence-corrected chi connectivity index (χ0v) is 12.7. The van der Waals surface area contributed by atoms with Crippen molar-refractivity contribution in [2.45, 2.75) is 20.0 Å². The van der Waals surface area contributed by atoms with E-state index in [0.29, 0.717) is 17.4 Å². The molecule has 0 fully saturated rings. The van der Waals surface area contributed by atoms with Gasteiger partial charge in [-0.15, -0.1) is 11.3 Å². The van der Waals surface area contributed by atoms with Crippen LogP contribution in [0.3, 0.4) is 0 Å². The van der Waals surface area contributed by atoms with E-state index in [1.165, 1.54) is 22.0 Å². The lowest BCUT2D eigenvalue weighted by molar-refractivity contribution is -0.132. The van der Waals surface area contributed by atoms with Gasteiger partial charge in [-0.2, -0.15) is 0 Å². The lowest BCUT2D eigenvalue weighted by Gasteiger charge is -2.20. The zero-order valence-electron chi connectivity index (χ0n) is 11.1. The van der Waals surface area contributed by atoms with Crippen LogP contribution >= 0.6 is 22.9 Å². The average Bonchev–Trinajstić information content (AvgIpc) is 2.84. The van der Waals surface area contributed by atoms with Crippen LogP contribution in [-0.4, -0.2) is 21.9 Å². The molecule has 20 heavy (non-hydrogen) atoms. The van der Waals surface area contributed by atoms with Crippen molar-refractivity contribution >= 4 is 28.8 Å². The van der Waals surface area contributed by atoms with Crippen LogP contribution in [0.4, 0.5) is 0 Å². The Morgan fingerprint density at radius 1 is 1.35 bits per heavy atom. The Labute approximate surface area is 126 Å². The van der Waals surface area contributed by atoms with Gasteiger partial charge in [-0.3, -0.25) is 9.59 Å². The number of hydrogen-bond donors (Lipinski definition) is 0. The molecule has 0 bridgehead atoms. The molecule has 0 aliphatic rings. The molecule has 0 saturated heterocycles. The predicted octanol–water partition coefficient (Wildman–Crippen LogP) is 2.61. The number of carbonyl (C=O) groups is 1. The number of carbonyl (C=O) groups excluding carboxylic acids is 1. The molecule has 0 aliphatic heterocycles. The van der Waals surface area contributed by atoms with Crippen LogP contribution < -0.4 is 5.56 Å². The van der Waals surface area contributed by atoms with Gasteiger partial charge in [0, 0.05) is 23.7 Å². The molecule has 4 nitrogen and oxygen atoms in total. The van der Waals surface area contributed by atoms with E-state index in [2.05, 4.69) is 0 Å². The minimum absolute atomic E-state index is 0.0621. The summed E-state index contributed by atoms with van der Waals surface area (Å²) in [5, 5.41) is 0. The Morgan fingerprint density at radius 3 is 2.75 bits per heavy atom.